The molecule has 2 aromatic carbocycles. The van der Waals surface area contributed by atoms with Gasteiger partial charge in [-0.2, -0.15) is 0 Å². The highest BCUT2D eigenvalue weighted by molar-refractivity contribution is 6.33. The highest BCUT2D eigenvalue weighted by atomic mass is 35.5. The van der Waals surface area contributed by atoms with Crippen molar-refractivity contribution >= 4 is 45.9 Å². The third kappa shape index (κ3) is 3.27. The van der Waals surface area contributed by atoms with E-state index in [2.05, 4.69) is 15.3 Å². The maximum absolute atomic E-state index is 12.4. The van der Waals surface area contributed by atoms with E-state index in [1.807, 2.05) is 0 Å². The zero-order valence-corrected chi connectivity index (χ0v) is 14.8. The van der Waals surface area contributed by atoms with Crippen molar-refractivity contribution in [2.75, 3.05) is 5.32 Å². The highest BCUT2D eigenvalue weighted by Crippen LogP contribution is 2.32. The van der Waals surface area contributed by atoms with Crippen LogP contribution in [-0.4, -0.2) is 15.9 Å². The lowest BCUT2D eigenvalue weighted by Crippen LogP contribution is -2.11. The topological polar surface area (TPSA) is 68.0 Å². The van der Waals surface area contributed by atoms with Gasteiger partial charge in [0.1, 0.15) is 5.52 Å². The van der Waals surface area contributed by atoms with Crippen LogP contribution in [0.2, 0.25) is 10.0 Å². The van der Waals surface area contributed by atoms with Crippen LogP contribution in [0.5, 0.6) is 0 Å². The summed E-state index contributed by atoms with van der Waals surface area (Å²) in [7, 11) is 0. The zero-order valence-electron chi connectivity index (χ0n) is 13.2. The molecule has 2 heterocycles. The Morgan fingerprint density at radius 2 is 1.96 bits per heavy atom. The molecule has 0 saturated carbocycles. The fourth-order valence-corrected chi connectivity index (χ4v) is 2.88. The molecule has 0 atom stereocenters. The lowest BCUT2D eigenvalue weighted by Gasteiger charge is -2.08. The van der Waals surface area contributed by atoms with Gasteiger partial charge in [0, 0.05) is 28.5 Å². The number of nitrogens with zero attached hydrogens (tertiary/aromatic N) is 2. The molecular weight excluding hydrogens is 373 g/mol. The van der Waals surface area contributed by atoms with Gasteiger partial charge < -0.3 is 9.73 Å². The van der Waals surface area contributed by atoms with E-state index in [4.69, 9.17) is 27.6 Å². The second-order valence-electron chi connectivity index (χ2n) is 5.52. The van der Waals surface area contributed by atoms with Crippen molar-refractivity contribution in [2.45, 2.75) is 0 Å². The summed E-state index contributed by atoms with van der Waals surface area (Å²) in [6.45, 7) is 0. The minimum atomic E-state index is -0.275. The zero-order chi connectivity index (χ0) is 18.1. The minimum absolute atomic E-state index is 0.275. The third-order valence-corrected chi connectivity index (χ3v) is 4.30. The van der Waals surface area contributed by atoms with Crippen LogP contribution in [-0.2, 0) is 0 Å². The Morgan fingerprint density at radius 3 is 2.77 bits per heavy atom. The first kappa shape index (κ1) is 16.6. The second-order valence-corrected chi connectivity index (χ2v) is 6.37. The first-order valence-corrected chi connectivity index (χ1v) is 8.43. The number of fused-ring (bicyclic) bond motifs is 1. The van der Waals surface area contributed by atoms with Gasteiger partial charge >= 0.3 is 0 Å². The van der Waals surface area contributed by atoms with Gasteiger partial charge in [0.25, 0.3) is 5.91 Å². The van der Waals surface area contributed by atoms with Gasteiger partial charge in [-0.15, -0.1) is 0 Å². The predicted octanol–water partition coefficient (Wildman–Crippen LogP) is 5.45. The first-order valence-electron chi connectivity index (χ1n) is 7.67. The van der Waals surface area contributed by atoms with Crippen molar-refractivity contribution in [1.29, 1.82) is 0 Å². The van der Waals surface area contributed by atoms with Crippen molar-refractivity contribution in [1.82, 2.24) is 9.97 Å². The smallest absolute Gasteiger partial charge is 0.255 e. The number of benzene rings is 2. The molecule has 26 heavy (non-hydrogen) atoms. The van der Waals surface area contributed by atoms with E-state index >= 15 is 0 Å². The first-order chi connectivity index (χ1) is 12.6. The molecule has 0 spiro atoms. The molecule has 2 aromatic heterocycles. The van der Waals surface area contributed by atoms with E-state index in [1.165, 1.54) is 0 Å². The molecule has 0 unspecified atom stereocenters. The van der Waals surface area contributed by atoms with Crippen LogP contribution in [0.3, 0.4) is 0 Å². The quantitative estimate of drug-likeness (QED) is 0.510. The van der Waals surface area contributed by atoms with Gasteiger partial charge in [0.15, 0.2) is 5.58 Å². The maximum atomic E-state index is 12.4. The molecule has 0 fully saturated rings. The lowest BCUT2D eigenvalue weighted by molar-refractivity contribution is 0.102. The van der Waals surface area contributed by atoms with E-state index in [-0.39, 0.29) is 5.91 Å². The van der Waals surface area contributed by atoms with E-state index in [1.54, 1.807) is 60.9 Å². The van der Waals surface area contributed by atoms with Gasteiger partial charge in [0.2, 0.25) is 5.89 Å². The molecule has 0 saturated heterocycles. The van der Waals surface area contributed by atoms with Crippen LogP contribution < -0.4 is 5.32 Å². The molecule has 0 aliphatic rings. The van der Waals surface area contributed by atoms with Crippen molar-refractivity contribution < 1.29 is 9.21 Å². The molecule has 0 aliphatic carbocycles. The molecule has 4 rings (SSSR count). The van der Waals surface area contributed by atoms with Gasteiger partial charge in [-0.25, -0.2) is 4.98 Å². The monoisotopic (exact) mass is 383 g/mol. The molecule has 0 bridgehead atoms. The Bertz CT molecular complexity index is 1090. The average Bonchev–Trinajstić information content (AvgIpc) is 3.07. The number of hydrogen-bond acceptors (Lipinski definition) is 4. The second kappa shape index (κ2) is 6.78. The number of halogens is 2. The molecule has 5 nitrogen and oxygen atoms in total. The van der Waals surface area contributed by atoms with Gasteiger partial charge in [-0.1, -0.05) is 29.3 Å². The average molecular weight is 384 g/mol. The molecule has 7 heteroatoms. The van der Waals surface area contributed by atoms with E-state index in [0.29, 0.717) is 43.9 Å². The summed E-state index contributed by atoms with van der Waals surface area (Å²) in [5, 5.41) is 3.78. The molecule has 1 N–H and O–H groups in total. The van der Waals surface area contributed by atoms with Crippen molar-refractivity contribution in [2.24, 2.45) is 0 Å². The van der Waals surface area contributed by atoms with Crippen LogP contribution in [0.1, 0.15) is 10.4 Å². The standard InChI is InChI=1S/C19H11Cl2N3O2/c20-12-3-1-2-11(8-12)18(25)23-13-4-5-15(21)14(9-13)19-24-16-10-22-7-6-17(16)26-19/h1-10H,(H,23,25). The molecule has 0 aliphatic heterocycles. The summed E-state index contributed by atoms with van der Waals surface area (Å²) in [6.07, 6.45) is 3.24. The fourth-order valence-electron chi connectivity index (χ4n) is 2.50. The number of amides is 1. The number of nitrogens with one attached hydrogen (secondary N) is 1. The number of oxazole rings is 1. The van der Waals surface area contributed by atoms with Crippen LogP contribution >= 0.6 is 23.2 Å². The largest absolute Gasteiger partial charge is 0.436 e. The van der Waals surface area contributed by atoms with Crippen molar-refractivity contribution in [3.63, 3.8) is 0 Å². The number of hydrogen-bond donors (Lipinski definition) is 1. The Hall–Kier alpha value is -2.89. The summed E-state index contributed by atoms with van der Waals surface area (Å²) in [5.41, 5.74) is 2.84. The van der Waals surface area contributed by atoms with E-state index in [9.17, 15) is 4.79 Å². The van der Waals surface area contributed by atoms with E-state index in [0.717, 1.165) is 0 Å². The van der Waals surface area contributed by atoms with Crippen LogP contribution in [0, 0.1) is 0 Å². The molecular formula is C19H11Cl2N3O2. The molecule has 128 valence electrons. The van der Waals surface area contributed by atoms with E-state index < -0.39 is 0 Å². The number of carbonyl (C=O) groups excluding carboxylic acids is 1. The summed E-state index contributed by atoms with van der Waals surface area (Å²) < 4.78 is 5.73. The number of carbonyl (C=O) groups is 1. The number of rotatable bonds is 3. The summed E-state index contributed by atoms with van der Waals surface area (Å²) >= 11 is 12.2. The van der Waals surface area contributed by atoms with Crippen LogP contribution in [0.4, 0.5) is 5.69 Å². The molecule has 0 radical (unpaired) electrons. The number of pyridine rings is 1. The molecule has 1 amide bonds. The maximum Gasteiger partial charge on any atom is 0.255 e. The molecule has 4 aromatic rings. The summed E-state index contributed by atoms with van der Waals surface area (Å²) in [5.74, 6) is 0.0828. The normalized spacial score (nSPS) is 10.8. The summed E-state index contributed by atoms with van der Waals surface area (Å²) in [4.78, 5) is 20.8. The van der Waals surface area contributed by atoms with Gasteiger partial charge in [-0.05, 0) is 36.4 Å². The van der Waals surface area contributed by atoms with Crippen LogP contribution in [0.25, 0.3) is 22.6 Å². The Kier molecular flexibility index (Phi) is 4.32. The Morgan fingerprint density at radius 1 is 1.08 bits per heavy atom. The highest BCUT2D eigenvalue weighted by Gasteiger charge is 2.14. The summed E-state index contributed by atoms with van der Waals surface area (Å²) in [6, 6.07) is 13.5. The lowest BCUT2D eigenvalue weighted by atomic mass is 10.1. The van der Waals surface area contributed by atoms with Crippen molar-refractivity contribution in [3.8, 4) is 11.5 Å². The number of aromatic nitrogens is 2. The number of anilines is 1. The minimum Gasteiger partial charge on any atom is -0.436 e. The Balaban J connectivity index is 1.67. The van der Waals surface area contributed by atoms with Crippen molar-refractivity contribution in [3.05, 3.63) is 76.5 Å². The van der Waals surface area contributed by atoms with Gasteiger partial charge in [0.05, 0.1) is 16.8 Å². The van der Waals surface area contributed by atoms with Crippen LogP contribution in [0.15, 0.2) is 65.3 Å². The van der Waals surface area contributed by atoms with Gasteiger partial charge in [-0.3, -0.25) is 9.78 Å². The Labute approximate surface area is 158 Å². The SMILES string of the molecule is O=C(Nc1ccc(Cl)c(-c2nc3cnccc3o2)c1)c1cccc(Cl)c1. The third-order valence-electron chi connectivity index (χ3n) is 3.73. The fraction of sp³-hybridized carbons (Fsp3) is 0. The predicted molar refractivity (Wildman–Crippen MR) is 102 cm³/mol.